The van der Waals surface area contributed by atoms with Gasteiger partial charge in [0.25, 0.3) is 5.91 Å². The molecule has 2 atom stereocenters. The van der Waals surface area contributed by atoms with Gasteiger partial charge in [-0.1, -0.05) is 0 Å². The summed E-state index contributed by atoms with van der Waals surface area (Å²) in [6.07, 6.45) is -5.65. The molecule has 2 unspecified atom stereocenters. The second-order valence-electron chi connectivity index (χ2n) is 8.49. The van der Waals surface area contributed by atoms with Crippen molar-refractivity contribution < 1.29 is 50.4 Å². The van der Waals surface area contributed by atoms with Gasteiger partial charge in [-0.3, -0.25) is 9.53 Å². The van der Waals surface area contributed by atoms with E-state index in [1.807, 2.05) is 0 Å². The highest BCUT2D eigenvalue weighted by molar-refractivity contribution is 6.38. The SMILES string of the molecule is [B]C1([B])OC2CN(C(=O)c3ccc(OCCOC(F)(F)F)c(OC)c3)CCC2(c2cc(F)cc(F)c2)O1. The summed E-state index contributed by atoms with van der Waals surface area (Å²) < 4.78 is 89.8. The van der Waals surface area contributed by atoms with Crippen molar-refractivity contribution >= 4 is 21.6 Å². The number of hydrogen-bond donors (Lipinski definition) is 0. The average molecular weight is 523 g/mol. The number of ether oxygens (including phenoxy) is 5. The van der Waals surface area contributed by atoms with Crippen LogP contribution in [0.25, 0.3) is 0 Å². The first kappa shape index (κ1) is 27.2. The molecule has 2 aromatic carbocycles. The summed E-state index contributed by atoms with van der Waals surface area (Å²) in [6, 6.07) is 7.07. The summed E-state index contributed by atoms with van der Waals surface area (Å²) in [5.74, 6) is -1.87. The van der Waals surface area contributed by atoms with Gasteiger partial charge < -0.3 is 23.8 Å². The number of methoxy groups -OCH3 is 1. The number of fused-ring (bicyclic) bond motifs is 1. The number of rotatable bonds is 7. The van der Waals surface area contributed by atoms with Crippen molar-refractivity contribution in [2.75, 3.05) is 33.4 Å². The van der Waals surface area contributed by atoms with E-state index >= 15 is 0 Å². The number of halogens is 5. The maximum atomic E-state index is 14.0. The van der Waals surface area contributed by atoms with Crippen LogP contribution in [0.2, 0.25) is 0 Å². The molecule has 1 amide bonds. The third kappa shape index (κ3) is 6.02. The molecular weight excluding hydrogens is 503 g/mol. The van der Waals surface area contributed by atoms with Gasteiger partial charge in [0.05, 0.1) is 25.8 Å². The van der Waals surface area contributed by atoms with E-state index in [0.29, 0.717) is 6.07 Å². The van der Waals surface area contributed by atoms with Crippen molar-refractivity contribution in [3.63, 3.8) is 0 Å². The minimum absolute atomic E-state index is 0.0670. The molecule has 0 N–H and O–H groups in total. The zero-order valence-corrected chi connectivity index (χ0v) is 19.5. The largest absolute Gasteiger partial charge is 0.522 e. The Labute approximate surface area is 211 Å². The zero-order chi connectivity index (χ0) is 27.0. The minimum Gasteiger partial charge on any atom is -0.493 e. The third-order valence-corrected chi connectivity index (χ3v) is 5.98. The van der Waals surface area contributed by atoms with E-state index in [4.69, 9.17) is 34.6 Å². The molecule has 0 aromatic heterocycles. The zero-order valence-electron chi connectivity index (χ0n) is 19.5. The normalized spacial score (nSPS) is 23.0. The predicted octanol–water partition coefficient (Wildman–Crippen LogP) is 2.99. The van der Waals surface area contributed by atoms with Gasteiger partial charge in [-0.05, 0) is 35.9 Å². The number of hydrogen-bond acceptors (Lipinski definition) is 6. The van der Waals surface area contributed by atoms with Crippen molar-refractivity contribution in [2.45, 2.75) is 30.1 Å². The van der Waals surface area contributed by atoms with Crippen molar-refractivity contribution in [3.8, 4) is 11.5 Å². The Morgan fingerprint density at radius 3 is 2.46 bits per heavy atom. The fourth-order valence-electron chi connectivity index (χ4n) is 4.46. The first-order valence-corrected chi connectivity index (χ1v) is 11.0. The first-order valence-electron chi connectivity index (χ1n) is 11.0. The minimum atomic E-state index is -4.78. The van der Waals surface area contributed by atoms with Gasteiger partial charge in [-0.25, -0.2) is 8.78 Å². The van der Waals surface area contributed by atoms with Crippen LogP contribution >= 0.6 is 0 Å². The smallest absolute Gasteiger partial charge is 0.493 e. The van der Waals surface area contributed by atoms with E-state index in [9.17, 15) is 26.7 Å². The number of amides is 1. The molecule has 0 aliphatic carbocycles. The predicted molar refractivity (Wildman–Crippen MR) is 119 cm³/mol. The van der Waals surface area contributed by atoms with Gasteiger partial charge in [-0.15, -0.1) is 13.2 Å². The number of alkyl halides is 3. The number of nitrogens with zero attached hydrogens (tertiary/aromatic N) is 1. The molecular formula is C23H20B2F5NO6. The fraction of sp³-hybridized carbons (Fsp3) is 0.435. The van der Waals surface area contributed by atoms with Crippen molar-refractivity contribution in [1.29, 1.82) is 0 Å². The summed E-state index contributed by atoms with van der Waals surface area (Å²) in [7, 11) is 13.0. The van der Waals surface area contributed by atoms with Crippen LogP contribution in [0.4, 0.5) is 22.0 Å². The Bertz CT molecular complexity index is 1150. The Hall–Kier alpha value is -2.83. The highest BCUT2D eigenvalue weighted by atomic mass is 19.4. The van der Waals surface area contributed by atoms with Crippen LogP contribution in [-0.2, 0) is 19.8 Å². The fourth-order valence-corrected chi connectivity index (χ4v) is 4.46. The molecule has 2 aliphatic heterocycles. The lowest BCUT2D eigenvalue weighted by molar-refractivity contribution is -0.325. The summed E-state index contributed by atoms with van der Waals surface area (Å²) >= 11 is 0. The summed E-state index contributed by atoms with van der Waals surface area (Å²) in [5.41, 5.74) is -3.12. The number of carbonyl (C=O) groups is 1. The van der Waals surface area contributed by atoms with Gasteiger partial charge in [0.1, 0.15) is 45.6 Å². The molecule has 4 radical (unpaired) electrons. The molecule has 2 aromatic rings. The standard InChI is InChI=1S/C23H20B2F5NO6/c1-33-18-8-13(2-3-17(18)34-6-7-35-23(28,29)30)20(32)31-5-4-21(14-9-15(26)11-16(27)10-14)19(12-31)36-22(24,25)37-21/h2-3,8-11,19H,4-7,12H2,1H3. The van der Waals surface area contributed by atoms with Crippen LogP contribution in [0, 0.1) is 11.6 Å². The Kier molecular flexibility index (Phi) is 7.46. The number of likely N-dealkylation sites (tertiary alicyclic amines) is 1. The summed E-state index contributed by atoms with van der Waals surface area (Å²) in [4.78, 5) is 14.7. The highest BCUT2D eigenvalue weighted by Gasteiger charge is 2.56. The lowest BCUT2D eigenvalue weighted by atomic mass is 9.76. The molecule has 0 spiro atoms. The van der Waals surface area contributed by atoms with E-state index in [0.717, 1.165) is 12.1 Å². The van der Waals surface area contributed by atoms with E-state index in [1.165, 1.54) is 30.2 Å². The second-order valence-corrected chi connectivity index (χ2v) is 8.49. The lowest BCUT2D eigenvalue weighted by Crippen LogP contribution is -2.53. The summed E-state index contributed by atoms with van der Waals surface area (Å²) in [6.45, 7) is -1.10. The lowest BCUT2D eigenvalue weighted by Gasteiger charge is -2.42. The molecule has 0 bridgehead atoms. The van der Waals surface area contributed by atoms with Gasteiger partial charge in [-0.2, -0.15) is 0 Å². The van der Waals surface area contributed by atoms with Gasteiger partial charge in [0.2, 0.25) is 0 Å². The van der Waals surface area contributed by atoms with E-state index in [-0.39, 0.29) is 42.1 Å². The molecule has 0 saturated carbocycles. The third-order valence-electron chi connectivity index (χ3n) is 5.98. The van der Waals surface area contributed by atoms with E-state index in [2.05, 4.69) is 4.74 Å². The van der Waals surface area contributed by atoms with Crippen LogP contribution < -0.4 is 9.47 Å². The van der Waals surface area contributed by atoms with Crippen molar-refractivity contribution in [3.05, 3.63) is 59.2 Å². The van der Waals surface area contributed by atoms with Gasteiger partial charge >= 0.3 is 6.36 Å². The van der Waals surface area contributed by atoms with Gasteiger partial charge in [0, 0.05) is 24.6 Å². The van der Waals surface area contributed by atoms with E-state index < -0.39 is 54.4 Å². The number of carbonyl (C=O) groups excluding carboxylic acids is 1. The maximum Gasteiger partial charge on any atom is 0.522 e. The molecule has 194 valence electrons. The average Bonchev–Trinajstić information content (AvgIpc) is 3.10. The second kappa shape index (κ2) is 10.1. The molecule has 14 heteroatoms. The topological polar surface area (TPSA) is 66.5 Å². The van der Waals surface area contributed by atoms with Crippen LogP contribution in [0.1, 0.15) is 22.3 Å². The molecule has 2 fully saturated rings. The first-order chi connectivity index (χ1) is 17.3. The molecule has 2 saturated heterocycles. The van der Waals surface area contributed by atoms with Crippen LogP contribution in [0.15, 0.2) is 36.4 Å². The van der Waals surface area contributed by atoms with E-state index in [1.54, 1.807) is 0 Å². The van der Waals surface area contributed by atoms with Crippen LogP contribution in [-0.4, -0.2) is 78.0 Å². The van der Waals surface area contributed by atoms with Crippen LogP contribution in [0.3, 0.4) is 0 Å². The van der Waals surface area contributed by atoms with Crippen molar-refractivity contribution in [1.82, 2.24) is 4.90 Å². The highest BCUT2D eigenvalue weighted by Crippen LogP contribution is 2.47. The molecule has 2 heterocycles. The molecule has 4 rings (SSSR count). The molecule has 37 heavy (non-hydrogen) atoms. The Morgan fingerprint density at radius 1 is 1.11 bits per heavy atom. The van der Waals surface area contributed by atoms with Crippen LogP contribution in [0.5, 0.6) is 11.5 Å². The monoisotopic (exact) mass is 523 g/mol. The van der Waals surface area contributed by atoms with Gasteiger partial charge in [0.15, 0.2) is 11.5 Å². The Morgan fingerprint density at radius 2 is 1.81 bits per heavy atom. The molecule has 2 aliphatic rings. The quantitative estimate of drug-likeness (QED) is 0.316. The number of piperidine rings is 1. The number of benzene rings is 2. The summed E-state index contributed by atoms with van der Waals surface area (Å²) in [5, 5.41) is 0. The van der Waals surface area contributed by atoms with Crippen molar-refractivity contribution in [2.24, 2.45) is 0 Å². The Balaban J connectivity index is 1.50. The molecule has 7 nitrogen and oxygen atoms in total. The maximum absolute atomic E-state index is 14.0.